The molecule has 2 aliphatic heterocycles. The first-order valence-corrected chi connectivity index (χ1v) is 8.28. The first-order chi connectivity index (χ1) is 11.9. The van der Waals surface area contributed by atoms with Crippen molar-refractivity contribution in [1.82, 2.24) is 5.32 Å². The zero-order valence-electron chi connectivity index (χ0n) is 13.9. The minimum absolute atomic E-state index is 0.264. The molecule has 2 N–H and O–H groups in total. The molecule has 25 heavy (non-hydrogen) atoms. The summed E-state index contributed by atoms with van der Waals surface area (Å²) in [7, 11) is 0. The van der Waals surface area contributed by atoms with Gasteiger partial charge < -0.3 is 10.4 Å². The number of carbonyl (C=O) groups is 1. The summed E-state index contributed by atoms with van der Waals surface area (Å²) in [5, 5.41) is 43.3. The van der Waals surface area contributed by atoms with E-state index in [1.165, 1.54) is 0 Å². The van der Waals surface area contributed by atoms with Crippen molar-refractivity contribution in [3.63, 3.8) is 0 Å². The Labute approximate surface area is 146 Å². The van der Waals surface area contributed by atoms with Crippen LogP contribution in [0.25, 0.3) is 0 Å². The highest BCUT2D eigenvalue weighted by Crippen LogP contribution is 2.65. The van der Waals surface area contributed by atoms with Gasteiger partial charge in [0, 0.05) is 18.3 Å². The van der Waals surface area contributed by atoms with Crippen molar-refractivity contribution in [1.29, 1.82) is 15.8 Å². The van der Waals surface area contributed by atoms with E-state index in [1.54, 1.807) is 24.3 Å². The Hall–Kier alpha value is -2.88. The van der Waals surface area contributed by atoms with Crippen molar-refractivity contribution in [3.8, 4) is 18.2 Å². The summed E-state index contributed by atoms with van der Waals surface area (Å²) in [5.41, 5.74) is -4.76. The average molecular weight is 334 g/mol. The number of amides is 1. The molecule has 0 unspecified atom stereocenters. The quantitative estimate of drug-likeness (QED) is 0.875. The van der Waals surface area contributed by atoms with Gasteiger partial charge in [0.2, 0.25) is 5.91 Å². The van der Waals surface area contributed by atoms with E-state index < -0.39 is 34.3 Å². The Morgan fingerprint density at radius 2 is 1.84 bits per heavy atom. The summed E-state index contributed by atoms with van der Waals surface area (Å²) in [6, 6.07) is 14.8. The van der Waals surface area contributed by atoms with Gasteiger partial charge in [0.1, 0.15) is 5.72 Å². The predicted molar refractivity (Wildman–Crippen MR) is 87.0 cm³/mol. The van der Waals surface area contributed by atoms with E-state index in [-0.39, 0.29) is 6.42 Å². The highest BCUT2D eigenvalue weighted by molar-refractivity contribution is 5.92. The molecule has 2 heterocycles. The SMILES string of the molecule is CCC[C@@H]1[C@@H](c2ccccc2)[C@@]2(C#N)C(=O)N[C@@]1(O)CC2(C#N)C#N. The Bertz CT molecular complexity index is 818. The normalized spacial score (nSPS) is 35.1. The number of nitriles is 3. The van der Waals surface area contributed by atoms with Crippen LogP contribution in [0.1, 0.15) is 37.7 Å². The molecule has 1 aromatic rings. The molecule has 1 saturated carbocycles. The van der Waals surface area contributed by atoms with E-state index in [0.717, 1.165) is 6.42 Å². The van der Waals surface area contributed by atoms with E-state index in [2.05, 4.69) is 5.32 Å². The molecule has 4 atom stereocenters. The average Bonchev–Trinajstić information content (AvgIpc) is 2.63. The predicted octanol–water partition coefficient (Wildman–Crippen LogP) is 1.95. The number of hydrogen-bond donors (Lipinski definition) is 2. The largest absolute Gasteiger partial charge is 0.371 e. The van der Waals surface area contributed by atoms with Crippen molar-refractivity contribution in [2.45, 2.75) is 37.8 Å². The summed E-state index contributed by atoms with van der Waals surface area (Å²) in [4.78, 5) is 12.9. The molecular weight excluding hydrogens is 316 g/mol. The number of fused-ring (bicyclic) bond motifs is 3. The molecule has 0 aromatic heterocycles. The van der Waals surface area contributed by atoms with Gasteiger partial charge in [-0.25, -0.2) is 0 Å². The molecule has 2 saturated heterocycles. The van der Waals surface area contributed by atoms with Crippen LogP contribution in [0.2, 0.25) is 0 Å². The molecule has 4 rings (SSSR count). The number of nitrogens with one attached hydrogen (secondary N) is 1. The van der Waals surface area contributed by atoms with E-state index in [0.29, 0.717) is 12.0 Å². The monoisotopic (exact) mass is 334 g/mol. The summed E-state index contributed by atoms with van der Waals surface area (Å²) in [6.45, 7) is 1.95. The number of piperidine rings is 2. The molecule has 0 radical (unpaired) electrons. The van der Waals surface area contributed by atoms with Gasteiger partial charge in [0.25, 0.3) is 0 Å². The summed E-state index contributed by atoms with van der Waals surface area (Å²) < 4.78 is 0. The maximum atomic E-state index is 12.9. The van der Waals surface area contributed by atoms with Gasteiger partial charge in [-0.1, -0.05) is 43.7 Å². The Kier molecular flexibility index (Phi) is 3.79. The van der Waals surface area contributed by atoms with Crippen LogP contribution in [-0.2, 0) is 4.79 Å². The summed E-state index contributed by atoms with van der Waals surface area (Å²) >= 11 is 0. The smallest absolute Gasteiger partial charge is 0.246 e. The van der Waals surface area contributed by atoms with Crippen LogP contribution in [0, 0.1) is 50.7 Å². The van der Waals surface area contributed by atoms with E-state index in [1.807, 2.05) is 31.2 Å². The number of aliphatic hydroxyl groups is 1. The number of benzene rings is 1. The van der Waals surface area contributed by atoms with Gasteiger partial charge in [-0.05, 0) is 12.0 Å². The van der Waals surface area contributed by atoms with Crippen LogP contribution in [0.3, 0.4) is 0 Å². The van der Waals surface area contributed by atoms with Crippen molar-refractivity contribution >= 4 is 5.91 Å². The third-order valence-electron chi connectivity index (χ3n) is 5.69. The molecule has 6 nitrogen and oxygen atoms in total. The zero-order valence-corrected chi connectivity index (χ0v) is 13.9. The van der Waals surface area contributed by atoms with Crippen molar-refractivity contribution in [2.75, 3.05) is 0 Å². The number of nitrogens with zero attached hydrogens (tertiary/aromatic N) is 3. The molecule has 1 aromatic carbocycles. The van der Waals surface area contributed by atoms with Crippen LogP contribution in [0.15, 0.2) is 30.3 Å². The molecule has 1 amide bonds. The van der Waals surface area contributed by atoms with Crippen molar-refractivity contribution in [3.05, 3.63) is 35.9 Å². The standard InChI is InChI=1S/C19H18N4O2/c1-2-6-14-15(13-7-4-3-5-8-13)18(12-22)16(24)23-19(14,25)9-17(18,10-20)11-21/h3-5,7-8,14-15,25H,2,6,9H2,1H3,(H,23,24)/t14-,15-,18+,19-/m1/s1. The van der Waals surface area contributed by atoms with Crippen LogP contribution < -0.4 is 5.32 Å². The Balaban J connectivity index is 2.35. The van der Waals surface area contributed by atoms with E-state index in [4.69, 9.17) is 0 Å². The minimum Gasteiger partial charge on any atom is -0.371 e. The van der Waals surface area contributed by atoms with Crippen molar-refractivity contribution in [2.24, 2.45) is 16.7 Å². The van der Waals surface area contributed by atoms with Gasteiger partial charge in [0.05, 0.1) is 18.2 Å². The second-order valence-corrected chi connectivity index (χ2v) is 6.89. The molecule has 126 valence electrons. The van der Waals surface area contributed by atoms with E-state index in [9.17, 15) is 25.7 Å². The highest BCUT2D eigenvalue weighted by atomic mass is 16.3. The highest BCUT2D eigenvalue weighted by Gasteiger charge is 2.77. The van der Waals surface area contributed by atoms with Crippen molar-refractivity contribution < 1.29 is 9.90 Å². The molecule has 6 heteroatoms. The van der Waals surface area contributed by atoms with Crippen LogP contribution in [-0.4, -0.2) is 16.7 Å². The van der Waals surface area contributed by atoms with Crippen LogP contribution >= 0.6 is 0 Å². The first kappa shape index (κ1) is 17.0. The van der Waals surface area contributed by atoms with E-state index >= 15 is 0 Å². The second-order valence-electron chi connectivity index (χ2n) is 6.89. The fourth-order valence-corrected chi connectivity index (χ4v) is 4.64. The first-order valence-electron chi connectivity index (χ1n) is 8.28. The van der Waals surface area contributed by atoms with Gasteiger partial charge >= 0.3 is 0 Å². The summed E-state index contributed by atoms with van der Waals surface area (Å²) in [5.74, 6) is -1.93. The number of hydrogen-bond acceptors (Lipinski definition) is 5. The summed E-state index contributed by atoms with van der Waals surface area (Å²) in [6.07, 6.45) is 1.03. The number of rotatable bonds is 3. The molecule has 2 bridgehead atoms. The van der Waals surface area contributed by atoms with Gasteiger partial charge in [-0.15, -0.1) is 0 Å². The maximum absolute atomic E-state index is 12.9. The third-order valence-corrected chi connectivity index (χ3v) is 5.69. The van der Waals surface area contributed by atoms with Gasteiger partial charge in [-0.2, -0.15) is 15.8 Å². The third kappa shape index (κ3) is 1.94. The van der Waals surface area contributed by atoms with Crippen LogP contribution in [0.4, 0.5) is 0 Å². The molecule has 0 spiro atoms. The van der Waals surface area contributed by atoms with Crippen LogP contribution in [0.5, 0.6) is 0 Å². The maximum Gasteiger partial charge on any atom is 0.246 e. The van der Waals surface area contributed by atoms with Gasteiger partial charge in [0.15, 0.2) is 10.8 Å². The Morgan fingerprint density at radius 3 is 2.36 bits per heavy atom. The zero-order chi connectivity index (χ0) is 18.3. The lowest BCUT2D eigenvalue weighted by atomic mass is 9.43. The molecule has 1 aliphatic carbocycles. The number of carbonyl (C=O) groups excluding carboxylic acids is 1. The lowest BCUT2D eigenvalue weighted by molar-refractivity contribution is -0.197. The van der Waals surface area contributed by atoms with Gasteiger partial charge in [-0.3, -0.25) is 4.79 Å². The molecular formula is C19H18N4O2. The fraction of sp³-hybridized carbons (Fsp3) is 0.474. The Morgan fingerprint density at radius 1 is 1.20 bits per heavy atom. The minimum atomic E-state index is -1.90. The lowest BCUT2D eigenvalue weighted by Crippen LogP contribution is -2.76. The second kappa shape index (κ2) is 5.59. The lowest BCUT2D eigenvalue weighted by Gasteiger charge is -2.61. The molecule has 3 aliphatic rings. The fourth-order valence-electron chi connectivity index (χ4n) is 4.64. The molecule has 3 fully saturated rings. The topological polar surface area (TPSA) is 121 Å².